The largest absolute Gasteiger partial charge is 0.379 e. The number of ether oxygens (including phenoxy) is 1. The zero-order chi connectivity index (χ0) is 19.4. The van der Waals surface area contributed by atoms with E-state index in [1.807, 2.05) is 6.92 Å². The molecule has 6 nitrogen and oxygen atoms in total. The van der Waals surface area contributed by atoms with Gasteiger partial charge in [0.25, 0.3) is 0 Å². The second-order valence-corrected chi connectivity index (χ2v) is 8.66. The lowest BCUT2D eigenvalue weighted by Crippen LogP contribution is -2.46. The van der Waals surface area contributed by atoms with E-state index in [0.29, 0.717) is 18.3 Å². The number of nitrogens with zero attached hydrogens (tertiary/aromatic N) is 4. The quantitative estimate of drug-likeness (QED) is 0.764. The van der Waals surface area contributed by atoms with Gasteiger partial charge in [-0.3, -0.25) is 14.4 Å². The Bertz CT molecular complexity index is 634. The lowest BCUT2D eigenvalue weighted by atomic mass is 9.96. The van der Waals surface area contributed by atoms with Crippen LogP contribution in [0.4, 0.5) is 0 Å². The Labute approximate surface area is 163 Å². The van der Waals surface area contributed by atoms with Crippen LogP contribution in [0.15, 0.2) is 0 Å². The summed E-state index contributed by atoms with van der Waals surface area (Å²) in [6.07, 6.45) is 2.83. The molecule has 2 aliphatic rings. The number of aryl methyl sites for hydroxylation is 1. The van der Waals surface area contributed by atoms with Crippen molar-refractivity contribution in [1.82, 2.24) is 19.6 Å². The molecule has 1 amide bonds. The van der Waals surface area contributed by atoms with Crippen molar-refractivity contribution in [2.45, 2.75) is 53.5 Å². The van der Waals surface area contributed by atoms with E-state index in [4.69, 9.17) is 4.74 Å². The van der Waals surface area contributed by atoms with Gasteiger partial charge in [0.2, 0.25) is 5.91 Å². The third-order valence-electron chi connectivity index (χ3n) is 5.89. The summed E-state index contributed by atoms with van der Waals surface area (Å²) in [6.45, 7) is 16.1. The van der Waals surface area contributed by atoms with Crippen molar-refractivity contribution < 1.29 is 9.53 Å². The highest BCUT2D eigenvalue weighted by molar-refractivity contribution is 5.79. The topological polar surface area (TPSA) is 50.6 Å². The average Bonchev–Trinajstić information content (AvgIpc) is 2.89. The van der Waals surface area contributed by atoms with E-state index in [1.165, 1.54) is 6.42 Å². The molecule has 27 heavy (non-hydrogen) atoms. The molecular weight excluding hydrogens is 340 g/mol. The van der Waals surface area contributed by atoms with Crippen LogP contribution in [0, 0.1) is 25.7 Å². The van der Waals surface area contributed by atoms with Crippen LogP contribution in [0.1, 0.15) is 43.6 Å². The molecule has 3 rings (SSSR count). The van der Waals surface area contributed by atoms with Gasteiger partial charge in [0.15, 0.2) is 0 Å². The summed E-state index contributed by atoms with van der Waals surface area (Å²) >= 11 is 0. The van der Waals surface area contributed by atoms with Gasteiger partial charge in [-0.2, -0.15) is 5.10 Å². The second kappa shape index (κ2) is 9.20. The number of hydrogen-bond acceptors (Lipinski definition) is 4. The zero-order valence-electron chi connectivity index (χ0n) is 17.5. The highest BCUT2D eigenvalue weighted by atomic mass is 16.5. The number of carbonyl (C=O) groups excluding carboxylic acids is 1. The summed E-state index contributed by atoms with van der Waals surface area (Å²) in [5.41, 5.74) is 3.27. The molecule has 0 bridgehead atoms. The second-order valence-electron chi connectivity index (χ2n) is 8.66. The van der Waals surface area contributed by atoms with E-state index in [1.54, 1.807) is 0 Å². The van der Waals surface area contributed by atoms with Gasteiger partial charge in [0.1, 0.15) is 0 Å². The normalized spacial score (nSPS) is 21.8. The molecule has 2 saturated heterocycles. The fraction of sp³-hybridized carbons (Fsp3) is 0.810. The Morgan fingerprint density at radius 2 is 1.96 bits per heavy atom. The Morgan fingerprint density at radius 1 is 1.22 bits per heavy atom. The molecule has 0 N–H and O–H groups in total. The first-order valence-corrected chi connectivity index (χ1v) is 10.5. The summed E-state index contributed by atoms with van der Waals surface area (Å²) in [7, 11) is 0. The van der Waals surface area contributed by atoms with E-state index >= 15 is 0 Å². The molecule has 0 unspecified atom stereocenters. The van der Waals surface area contributed by atoms with Crippen LogP contribution in [-0.2, 0) is 22.5 Å². The minimum atomic E-state index is 0.261. The van der Waals surface area contributed by atoms with Crippen molar-refractivity contribution in [2.75, 3.05) is 45.9 Å². The van der Waals surface area contributed by atoms with Gasteiger partial charge in [-0.05, 0) is 38.5 Å². The van der Waals surface area contributed by atoms with E-state index < -0.39 is 0 Å². The lowest BCUT2D eigenvalue weighted by Gasteiger charge is -2.37. The highest BCUT2D eigenvalue weighted by Crippen LogP contribution is 2.21. The first-order valence-electron chi connectivity index (χ1n) is 10.5. The number of likely N-dealkylation sites (tertiary alicyclic amines) is 1. The Hall–Kier alpha value is -1.40. The van der Waals surface area contributed by atoms with E-state index in [0.717, 1.165) is 75.9 Å². The first-order chi connectivity index (χ1) is 12.9. The molecule has 1 aromatic rings. The van der Waals surface area contributed by atoms with Gasteiger partial charge in [0, 0.05) is 50.5 Å². The summed E-state index contributed by atoms with van der Waals surface area (Å²) in [5.74, 6) is 1.40. The van der Waals surface area contributed by atoms with Gasteiger partial charge in [0.05, 0.1) is 25.3 Å². The van der Waals surface area contributed by atoms with Gasteiger partial charge in [-0.1, -0.05) is 13.8 Å². The standard InChI is InChI=1S/C21H36N4O2/c1-16(2)13-25-18(4)20(17(3)22-25)12-21(26)24-7-5-6-19(15-24)14-23-8-10-27-11-9-23/h16,19H,5-15H2,1-4H3/t19-/m1/s1. The van der Waals surface area contributed by atoms with Crippen LogP contribution >= 0.6 is 0 Å². The molecule has 1 aromatic heterocycles. The highest BCUT2D eigenvalue weighted by Gasteiger charge is 2.27. The number of hydrogen-bond donors (Lipinski definition) is 0. The Morgan fingerprint density at radius 3 is 2.67 bits per heavy atom. The van der Waals surface area contributed by atoms with E-state index in [2.05, 4.69) is 40.4 Å². The number of morpholine rings is 1. The number of rotatable bonds is 6. The van der Waals surface area contributed by atoms with Crippen LogP contribution in [0.2, 0.25) is 0 Å². The van der Waals surface area contributed by atoms with Crippen LogP contribution in [0.3, 0.4) is 0 Å². The van der Waals surface area contributed by atoms with Crippen molar-refractivity contribution in [2.24, 2.45) is 11.8 Å². The molecule has 6 heteroatoms. The molecule has 0 radical (unpaired) electrons. The van der Waals surface area contributed by atoms with Crippen molar-refractivity contribution in [3.63, 3.8) is 0 Å². The molecule has 2 aliphatic heterocycles. The maximum absolute atomic E-state index is 13.0. The Balaban J connectivity index is 1.58. The van der Waals surface area contributed by atoms with E-state index in [9.17, 15) is 4.79 Å². The fourth-order valence-electron chi connectivity index (χ4n) is 4.37. The molecule has 0 saturated carbocycles. The van der Waals surface area contributed by atoms with Gasteiger partial charge in [-0.15, -0.1) is 0 Å². The van der Waals surface area contributed by atoms with Crippen LogP contribution in [-0.4, -0.2) is 71.4 Å². The molecule has 0 aliphatic carbocycles. The van der Waals surface area contributed by atoms with Crippen molar-refractivity contribution in [3.8, 4) is 0 Å². The third-order valence-corrected chi connectivity index (χ3v) is 5.89. The zero-order valence-corrected chi connectivity index (χ0v) is 17.5. The number of amides is 1. The summed E-state index contributed by atoms with van der Waals surface area (Å²) in [4.78, 5) is 17.6. The van der Waals surface area contributed by atoms with Gasteiger partial charge < -0.3 is 9.64 Å². The average molecular weight is 377 g/mol. The van der Waals surface area contributed by atoms with Crippen molar-refractivity contribution >= 4 is 5.91 Å². The van der Waals surface area contributed by atoms with Gasteiger partial charge >= 0.3 is 0 Å². The minimum Gasteiger partial charge on any atom is -0.379 e. The van der Waals surface area contributed by atoms with Crippen LogP contribution in [0.5, 0.6) is 0 Å². The predicted octanol–water partition coefficient (Wildman–Crippen LogP) is 2.27. The first kappa shape index (κ1) is 20.3. The SMILES string of the molecule is Cc1nn(CC(C)C)c(C)c1CC(=O)N1CCC[C@H](CN2CCOCC2)C1. The van der Waals surface area contributed by atoms with Crippen LogP contribution < -0.4 is 0 Å². The molecule has 0 spiro atoms. The van der Waals surface area contributed by atoms with Crippen LogP contribution in [0.25, 0.3) is 0 Å². The molecule has 152 valence electrons. The summed E-state index contributed by atoms with van der Waals surface area (Å²) in [5, 5.41) is 4.67. The molecule has 3 heterocycles. The molecule has 0 aromatic carbocycles. The predicted molar refractivity (Wildman–Crippen MR) is 107 cm³/mol. The maximum atomic E-state index is 13.0. The molecular formula is C21H36N4O2. The minimum absolute atomic E-state index is 0.261. The van der Waals surface area contributed by atoms with Crippen molar-refractivity contribution in [3.05, 3.63) is 17.0 Å². The fourth-order valence-corrected chi connectivity index (χ4v) is 4.37. The summed E-state index contributed by atoms with van der Waals surface area (Å²) in [6, 6.07) is 0. The third kappa shape index (κ3) is 5.32. The summed E-state index contributed by atoms with van der Waals surface area (Å²) < 4.78 is 7.52. The Kier molecular flexibility index (Phi) is 6.93. The molecule has 1 atom stereocenters. The number of aromatic nitrogens is 2. The number of carbonyl (C=O) groups is 1. The monoisotopic (exact) mass is 376 g/mol. The van der Waals surface area contributed by atoms with E-state index in [-0.39, 0.29) is 5.91 Å². The lowest BCUT2D eigenvalue weighted by molar-refractivity contribution is -0.132. The smallest absolute Gasteiger partial charge is 0.227 e. The van der Waals surface area contributed by atoms with Gasteiger partial charge in [-0.25, -0.2) is 0 Å². The maximum Gasteiger partial charge on any atom is 0.227 e. The molecule has 2 fully saturated rings. The number of piperidine rings is 1. The van der Waals surface area contributed by atoms with Crippen molar-refractivity contribution in [1.29, 1.82) is 0 Å².